The lowest BCUT2D eigenvalue weighted by molar-refractivity contribution is -0.119. The van der Waals surface area contributed by atoms with E-state index in [1.807, 2.05) is 30.3 Å². The summed E-state index contributed by atoms with van der Waals surface area (Å²) in [5, 5.41) is 12.6. The highest BCUT2D eigenvalue weighted by Gasteiger charge is 2.23. The number of benzene rings is 1. The minimum absolute atomic E-state index is 0.0932. The largest absolute Gasteiger partial charge is 0.352 e. The summed E-state index contributed by atoms with van der Waals surface area (Å²) >= 11 is 1.46. The van der Waals surface area contributed by atoms with Crippen molar-refractivity contribution in [2.24, 2.45) is 5.92 Å². The summed E-state index contributed by atoms with van der Waals surface area (Å²) in [6, 6.07) is 10.4. The van der Waals surface area contributed by atoms with Gasteiger partial charge in [0.25, 0.3) is 0 Å². The van der Waals surface area contributed by atoms with Crippen LogP contribution in [-0.2, 0) is 11.3 Å². The molecule has 0 unspecified atom stereocenters. The van der Waals surface area contributed by atoms with E-state index in [9.17, 15) is 4.79 Å². The molecule has 0 saturated heterocycles. The predicted molar refractivity (Wildman–Crippen MR) is 101 cm³/mol. The maximum absolute atomic E-state index is 12.3. The number of hydrogen-bond acceptors (Lipinski definition) is 4. The Morgan fingerprint density at radius 1 is 1.24 bits per heavy atom. The van der Waals surface area contributed by atoms with Crippen molar-refractivity contribution >= 4 is 17.7 Å². The first-order chi connectivity index (χ1) is 12.2. The van der Waals surface area contributed by atoms with E-state index in [0.717, 1.165) is 29.5 Å². The number of carbonyl (C=O) groups is 1. The van der Waals surface area contributed by atoms with Crippen LogP contribution in [0.25, 0.3) is 11.4 Å². The topological polar surface area (TPSA) is 59.8 Å². The fraction of sp³-hybridized carbons (Fsp3) is 0.526. The summed E-state index contributed by atoms with van der Waals surface area (Å²) in [7, 11) is 0. The molecule has 25 heavy (non-hydrogen) atoms. The number of hydrogen-bond donors (Lipinski definition) is 1. The lowest BCUT2D eigenvalue weighted by Crippen LogP contribution is -2.41. The van der Waals surface area contributed by atoms with Crippen LogP contribution >= 0.6 is 11.8 Å². The number of nitrogens with one attached hydrogen (secondary N) is 1. The highest BCUT2D eigenvalue weighted by molar-refractivity contribution is 7.99. The zero-order valence-electron chi connectivity index (χ0n) is 14.9. The molecule has 1 aliphatic rings. The van der Waals surface area contributed by atoms with Crippen LogP contribution in [0.15, 0.2) is 35.5 Å². The normalized spacial score (nSPS) is 20.4. The third-order valence-corrected chi connectivity index (χ3v) is 5.82. The van der Waals surface area contributed by atoms with Gasteiger partial charge in [-0.3, -0.25) is 4.79 Å². The summed E-state index contributed by atoms with van der Waals surface area (Å²) in [6.07, 6.45) is 4.81. The van der Waals surface area contributed by atoms with Crippen molar-refractivity contribution in [2.45, 2.75) is 57.3 Å². The SMILES string of the molecule is CCn1c(SCC(=O)N[C@H]2CCCC[C@@H]2C)nnc1-c1ccccc1. The molecule has 1 aromatic heterocycles. The van der Waals surface area contributed by atoms with E-state index in [4.69, 9.17) is 0 Å². The quantitative estimate of drug-likeness (QED) is 0.799. The Balaban J connectivity index is 1.61. The molecule has 0 spiro atoms. The minimum atomic E-state index is 0.0932. The first kappa shape index (κ1) is 18.0. The zero-order chi connectivity index (χ0) is 17.6. The van der Waals surface area contributed by atoms with Gasteiger partial charge in [-0.25, -0.2) is 0 Å². The molecule has 2 aromatic rings. The van der Waals surface area contributed by atoms with Gasteiger partial charge in [0.05, 0.1) is 5.75 Å². The van der Waals surface area contributed by atoms with Crippen molar-refractivity contribution in [1.82, 2.24) is 20.1 Å². The molecule has 5 nitrogen and oxygen atoms in total. The standard InChI is InChI=1S/C19H26N4OS/c1-3-23-18(15-10-5-4-6-11-15)21-22-19(23)25-13-17(24)20-16-12-8-7-9-14(16)2/h4-6,10-11,14,16H,3,7-9,12-13H2,1-2H3,(H,20,24)/t14-,16-/m0/s1. The number of aromatic nitrogens is 3. The Labute approximate surface area is 153 Å². The van der Waals surface area contributed by atoms with E-state index < -0.39 is 0 Å². The van der Waals surface area contributed by atoms with Gasteiger partial charge in [0.15, 0.2) is 11.0 Å². The Hall–Kier alpha value is -1.82. The Bertz CT molecular complexity index is 701. The molecule has 0 aliphatic heterocycles. The van der Waals surface area contributed by atoms with Crippen molar-refractivity contribution in [1.29, 1.82) is 0 Å². The second-order valence-corrected chi connectivity index (χ2v) is 7.58. The van der Waals surface area contributed by atoms with Gasteiger partial charge in [-0.1, -0.05) is 61.9 Å². The average Bonchev–Trinajstić information content (AvgIpc) is 3.05. The lowest BCUT2D eigenvalue weighted by atomic mass is 9.86. The molecule has 1 N–H and O–H groups in total. The molecular formula is C19H26N4OS. The van der Waals surface area contributed by atoms with Gasteiger partial charge in [0.1, 0.15) is 0 Å². The number of rotatable bonds is 6. The number of amides is 1. The number of carbonyl (C=O) groups excluding carboxylic acids is 1. The molecular weight excluding hydrogens is 332 g/mol. The van der Waals surface area contributed by atoms with Gasteiger partial charge in [0, 0.05) is 18.2 Å². The minimum Gasteiger partial charge on any atom is -0.352 e. The summed E-state index contributed by atoms with van der Waals surface area (Å²) in [5.74, 6) is 1.91. The van der Waals surface area contributed by atoms with Gasteiger partial charge in [-0.2, -0.15) is 0 Å². The van der Waals surface area contributed by atoms with E-state index >= 15 is 0 Å². The van der Waals surface area contributed by atoms with Crippen molar-refractivity contribution in [2.75, 3.05) is 5.75 Å². The molecule has 6 heteroatoms. The smallest absolute Gasteiger partial charge is 0.230 e. The van der Waals surface area contributed by atoms with E-state index in [2.05, 4.69) is 33.9 Å². The lowest BCUT2D eigenvalue weighted by Gasteiger charge is -2.29. The molecule has 1 heterocycles. The maximum atomic E-state index is 12.3. The highest BCUT2D eigenvalue weighted by Crippen LogP contribution is 2.25. The molecule has 1 aromatic carbocycles. The Morgan fingerprint density at radius 2 is 2.00 bits per heavy atom. The summed E-state index contributed by atoms with van der Waals surface area (Å²) in [5.41, 5.74) is 1.05. The molecule has 2 atom stereocenters. The van der Waals surface area contributed by atoms with Crippen molar-refractivity contribution in [3.63, 3.8) is 0 Å². The fourth-order valence-electron chi connectivity index (χ4n) is 3.39. The third-order valence-electron chi connectivity index (χ3n) is 4.86. The van der Waals surface area contributed by atoms with Crippen LogP contribution in [0.5, 0.6) is 0 Å². The van der Waals surface area contributed by atoms with Gasteiger partial charge in [-0.05, 0) is 25.7 Å². The van der Waals surface area contributed by atoms with Crippen LogP contribution in [0.4, 0.5) is 0 Å². The van der Waals surface area contributed by atoms with Crippen LogP contribution in [0, 0.1) is 5.92 Å². The highest BCUT2D eigenvalue weighted by atomic mass is 32.2. The van der Waals surface area contributed by atoms with Crippen LogP contribution in [-0.4, -0.2) is 32.5 Å². The van der Waals surface area contributed by atoms with Gasteiger partial charge >= 0.3 is 0 Å². The van der Waals surface area contributed by atoms with Crippen LogP contribution in [0.3, 0.4) is 0 Å². The van der Waals surface area contributed by atoms with Crippen LogP contribution in [0.2, 0.25) is 0 Å². The van der Waals surface area contributed by atoms with Crippen molar-refractivity contribution in [3.05, 3.63) is 30.3 Å². The molecule has 1 aliphatic carbocycles. The van der Waals surface area contributed by atoms with Gasteiger partial charge in [-0.15, -0.1) is 10.2 Å². The average molecular weight is 359 g/mol. The summed E-state index contributed by atoms with van der Waals surface area (Å²) in [6.45, 7) is 5.08. The van der Waals surface area contributed by atoms with Gasteiger partial charge < -0.3 is 9.88 Å². The fourth-order valence-corrected chi connectivity index (χ4v) is 4.20. The van der Waals surface area contributed by atoms with Crippen LogP contribution in [0.1, 0.15) is 39.5 Å². The van der Waals surface area contributed by atoms with E-state index in [-0.39, 0.29) is 5.91 Å². The number of nitrogens with zero attached hydrogens (tertiary/aromatic N) is 3. The van der Waals surface area contributed by atoms with Crippen molar-refractivity contribution in [3.8, 4) is 11.4 Å². The zero-order valence-corrected chi connectivity index (χ0v) is 15.8. The first-order valence-electron chi connectivity index (χ1n) is 9.09. The first-order valence-corrected chi connectivity index (χ1v) is 10.1. The Morgan fingerprint density at radius 3 is 2.72 bits per heavy atom. The van der Waals surface area contributed by atoms with E-state index in [1.165, 1.54) is 31.0 Å². The maximum Gasteiger partial charge on any atom is 0.230 e. The van der Waals surface area contributed by atoms with E-state index in [0.29, 0.717) is 17.7 Å². The molecule has 1 amide bonds. The third kappa shape index (κ3) is 4.42. The second kappa shape index (κ2) is 8.52. The summed E-state index contributed by atoms with van der Waals surface area (Å²) in [4.78, 5) is 12.3. The molecule has 0 bridgehead atoms. The predicted octanol–water partition coefficient (Wildman–Crippen LogP) is 3.75. The summed E-state index contributed by atoms with van der Waals surface area (Å²) < 4.78 is 2.07. The van der Waals surface area contributed by atoms with Gasteiger partial charge in [0.2, 0.25) is 5.91 Å². The molecule has 3 rings (SSSR count). The molecule has 1 fully saturated rings. The van der Waals surface area contributed by atoms with Crippen molar-refractivity contribution < 1.29 is 4.79 Å². The Kier molecular flexibility index (Phi) is 6.13. The second-order valence-electron chi connectivity index (χ2n) is 6.64. The van der Waals surface area contributed by atoms with Crippen LogP contribution < -0.4 is 5.32 Å². The molecule has 0 radical (unpaired) electrons. The molecule has 1 saturated carbocycles. The van der Waals surface area contributed by atoms with E-state index in [1.54, 1.807) is 0 Å². The number of thioether (sulfide) groups is 1. The molecule has 134 valence electrons. The monoisotopic (exact) mass is 358 g/mol.